The second-order valence-corrected chi connectivity index (χ2v) is 5.29. The highest BCUT2D eigenvalue weighted by Gasteiger charge is 2.34. The van der Waals surface area contributed by atoms with Gasteiger partial charge in [0.2, 0.25) is 0 Å². The number of nitrogens with zero attached hydrogens (tertiary/aromatic N) is 1. The number of benzene rings is 1. The Morgan fingerprint density at radius 1 is 1.12 bits per heavy atom. The lowest BCUT2D eigenvalue weighted by molar-refractivity contribution is 0.163. The predicted octanol–water partition coefficient (Wildman–Crippen LogP) is 2.34. The molecule has 2 heterocycles. The first-order chi connectivity index (χ1) is 8.42. The van der Waals surface area contributed by atoms with Gasteiger partial charge >= 0.3 is 0 Å². The molecule has 2 aliphatic heterocycles. The van der Waals surface area contributed by atoms with Crippen molar-refractivity contribution in [1.29, 1.82) is 0 Å². The summed E-state index contributed by atoms with van der Waals surface area (Å²) in [5.74, 6) is 0.850. The first kappa shape index (κ1) is 11.2. The fourth-order valence-corrected chi connectivity index (χ4v) is 2.81. The van der Waals surface area contributed by atoms with Crippen LogP contribution < -0.4 is 0 Å². The van der Waals surface area contributed by atoms with Gasteiger partial charge in [-0.05, 0) is 43.8 Å². The number of epoxide rings is 1. The molecular formula is C15H21NO. The Balaban J connectivity index is 1.41. The third-order valence-electron chi connectivity index (χ3n) is 4.08. The number of hydrogen-bond donors (Lipinski definition) is 0. The Morgan fingerprint density at radius 2 is 1.82 bits per heavy atom. The molecule has 2 saturated heterocycles. The van der Waals surface area contributed by atoms with E-state index in [1.54, 1.807) is 0 Å². The van der Waals surface area contributed by atoms with Crippen molar-refractivity contribution in [2.24, 2.45) is 5.92 Å². The van der Waals surface area contributed by atoms with Crippen molar-refractivity contribution in [2.75, 3.05) is 26.2 Å². The molecule has 2 fully saturated rings. The van der Waals surface area contributed by atoms with Crippen molar-refractivity contribution in [2.45, 2.75) is 25.4 Å². The van der Waals surface area contributed by atoms with Gasteiger partial charge in [0.1, 0.15) is 0 Å². The molecule has 0 radical (unpaired) electrons. The van der Waals surface area contributed by atoms with Crippen molar-refractivity contribution in [3.8, 4) is 0 Å². The van der Waals surface area contributed by atoms with Crippen molar-refractivity contribution in [1.82, 2.24) is 4.90 Å². The normalized spacial score (nSPS) is 26.0. The lowest BCUT2D eigenvalue weighted by atomic mass is 9.93. The van der Waals surface area contributed by atoms with Gasteiger partial charge in [-0.3, -0.25) is 0 Å². The molecule has 3 rings (SSSR count). The first-order valence-corrected chi connectivity index (χ1v) is 6.80. The van der Waals surface area contributed by atoms with Crippen LogP contribution in [0, 0.1) is 5.92 Å². The SMILES string of the molecule is c1ccc(CCN2CCC(C3CO3)CC2)cc1. The largest absolute Gasteiger partial charge is 0.373 e. The summed E-state index contributed by atoms with van der Waals surface area (Å²) in [5.41, 5.74) is 1.46. The number of likely N-dealkylation sites (tertiary alicyclic amines) is 1. The number of rotatable bonds is 4. The average Bonchev–Trinajstić information content (AvgIpc) is 3.23. The van der Waals surface area contributed by atoms with E-state index in [-0.39, 0.29) is 0 Å². The number of ether oxygens (including phenoxy) is 1. The molecule has 17 heavy (non-hydrogen) atoms. The van der Waals surface area contributed by atoms with Crippen molar-refractivity contribution in [3.05, 3.63) is 35.9 Å². The summed E-state index contributed by atoms with van der Waals surface area (Å²) in [6.07, 6.45) is 4.47. The summed E-state index contributed by atoms with van der Waals surface area (Å²) < 4.78 is 5.39. The molecule has 0 aromatic heterocycles. The van der Waals surface area contributed by atoms with E-state index < -0.39 is 0 Å². The highest BCUT2D eigenvalue weighted by molar-refractivity contribution is 5.14. The fraction of sp³-hybridized carbons (Fsp3) is 0.600. The van der Waals surface area contributed by atoms with Gasteiger partial charge in [0, 0.05) is 6.54 Å². The highest BCUT2D eigenvalue weighted by Crippen LogP contribution is 2.29. The van der Waals surface area contributed by atoms with Crippen LogP contribution in [0.4, 0.5) is 0 Å². The van der Waals surface area contributed by atoms with Crippen LogP contribution in [-0.2, 0) is 11.2 Å². The smallest absolute Gasteiger partial charge is 0.0838 e. The molecule has 0 aliphatic carbocycles. The van der Waals surface area contributed by atoms with Crippen LogP contribution in [0.5, 0.6) is 0 Å². The van der Waals surface area contributed by atoms with Crippen molar-refractivity contribution < 1.29 is 4.74 Å². The van der Waals surface area contributed by atoms with Gasteiger partial charge in [-0.1, -0.05) is 30.3 Å². The minimum Gasteiger partial charge on any atom is -0.373 e. The van der Waals surface area contributed by atoms with Gasteiger partial charge in [-0.15, -0.1) is 0 Å². The van der Waals surface area contributed by atoms with E-state index in [4.69, 9.17) is 4.74 Å². The lowest BCUT2D eigenvalue weighted by Gasteiger charge is -2.31. The molecule has 2 aliphatic rings. The van der Waals surface area contributed by atoms with Gasteiger partial charge in [-0.2, -0.15) is 0 Å². The molecule has 0 spiro atoms. The third-order valence-corrected chi connectivity index (χ3v) is 4.08. The molecule has 0 saturated carbocycles. The van der Waals surface area contributed by atoms with Crippen molar-refractivity contribution in [3.63, 3.8) is 0 Å². The van der Waals surface area contributed by atoms with E-state index in [0.29, 0.717) is 6.10 Å². The predicted molar refractivity (Wildman–Crippen MR) is 69.1 cm³/mol. The minimum atomic E-state index is 0.617. The molecule has 2 heteroatoms. The molecule has 2 nitrogen and oxygen atoms in total. The molecule has 1 unspecified atom stereocenters. The summed E-state index contributed by atoms with van der Waals surface area (Å²) in [5, 5.41) is 0. The topological polar surface area (TPSA) is 15.8 Å². The van der Waals surface area contributed by atoms with Crippen LogP contribution >= 0.6 is 0 Å². The molecule has 0 bridgehead atoms. The monoisotopic (exact) mass is 231 g/mol. The van der Waals surface area contributed by atoms with Gasteiger partial charge in [-0.25, -0.2) is 0 Å². The van der Waals surface area contributed by atoms with Crippen LogP contribution in [0.25, 0.3) is 0 Å². The van der Waals surface area contributed by atoms with E-state index in [9.17, 15) is 0 Å². The van der Waals surface area contributed by atoms with Crippen LogP contribution in [0.2, 0.25) is 0 Å². The maximum atomic E-state index is 5.39. The van der Waals surface area contributed by atoms with E-state index in [1.807, 2.05) is 0 Å². The fourth-order valence-electron chi connectivity index (χ4n) is 2.81. The first-order valence-electron chi connectivity index (χ1n) is 6.80. The van der Waals surface area contributed by atoms with Crippen LogP contribution in [0.15, 0.2) is 30.3 Å². The van der Waals surface area contributed by atoms with E-state index in [2.05, 4.69) is 35.2 Å². The quantitative estimate of drug-likeness (QED) is 0.739. The standard InChI is InChI=1S/C15H21NO/c1-2-4-13(5-3-1)6-9-16-10-7-14(8-11-16)15-12-17-15/h1-5,14-15H,6-12H2. The zero-order valence-electron chi connectivity index (χ0n) is 10.3. The van der Waals surface area contributed by atoms with Crippen molar-refractivity contribution >= 4 is 0 Å². The summed E-state index contributed by atoms with van der Waals surface area (Å²) in [6.45, 7) is 4.76. The minimum absolute atomic E-state index is 0.617. The van der Waals surface area contributed by atoms with Crippen LogP contribution in [-0.4, -0.2) is 37.2 Å². The van der Waals surface area contributed by atoms with E-state index in [0.717, 1.165) is 12.5 Å². The number of piperidine rings is 1. The second-order valence-electron chi connectivity index (χ2n) is 5.29. The molecular weight excluding hydrogens is 210 g/mol. The Morgan fingerprint density at radius 3 is 2.47 bits per heavy atom. The lowest BCUT2D eigenvalue weighted by Crippen LogP contribution is -2.36. The van der Waals surface area contributed by atoms with E-state index >= 15 is 0 Å². The highest BCUT2D eigenvalue weighted by atomic mass is 16.6. The third kappa shape index (κ3) is 3.08. The number of hydrogen-bond acceptors (Lipinski definition) is 2. The zero-order chi connectivity index (χ0) is 11.5. The van der Waals surface area contributed by atoms with Gasteiger partial charge in [0.25, 0.3) is 0 Å². The molecule has 0 N–H and O–H groups in total. The average molecular weight is 231 g/mol. The molecule has 0 amide bonds. The second kappa shape index (κ2) is 5.19. The van der Waals surface area contributed by atoms with Crippen LogP contribution in [0.3, 0.4) is 0 Å². The summed E-state index contributed by atoms with van der Waals surface area (Å²) in [7, 11) is 0. The van der Waals surface area contributed by atoms with Gasteiger partial charge < -0.3 is 9.64 Å². The molecule has 1 atom stereocenters. The molecule has 1 aromatic rings. The van der Waals surface area contributed by atoms with E-state index in [1.165, 1.54) is 44.5 Å². The molecule has 1 aromatic carbocycles. The maximum absolute atomic E-state index is 5.39. The van der Waals surface area contributed by atoms with Crippen LogP contribution in [0.1, 0.15) is 18.4 Å². The zero-order valence-corrected chi connectivity index (χ0v) is 10.3. The Kier molecular flexibility index (Phi) is 3.44. The summed E-state index contributed by atoms with van der Waals surface area (Å²) in [6, 6.07) is 10.8. The summed E-state index contributed by atoms with van der Waals surface area (Å²) in [4.78, 5) is 2.60. The summed E-state index contributed by atoms with van der Waals surface area (Å²) >= 11 is 0. The Bertz CT molecular complexity index is 339. The van der Waals surface area contributed by atoms with Gasteiger partial charge in [0.05, 0.1) is 12.7 Å². The van der Waals surface area contributed by atoms with Gasteiger partial charge in [0.15, 0.2) is 0 Å². The maximum Gasteiger partial charge on any atom is 0.0838 e. The Labute approximate surface area is 104 Å². The Hall–Kier alpha value is -0.860. The molecule has 92 valence electrons.